The number of carboxylic acids is 1. The second kappa shape index (κ2) is 5.72. The maximum Gasteiger partial charge on any atom is 0.335 e. The van der Waals surface area contributed by atoms with Gasteiger partial charge in [-0.15, -0.1) is 0 Å². The van der Waals surface area contributed by atoms with E-state index in [-0.39, 0.29) is 23.7 Å². The summed E-state index contributed by atoms with van der Waals surface area (Å²) in [7, 11) is 0. The fraction of sp³-hybridized carbons (Fsp3) is 0.0769. The minimum atomic E-state index is -1.06. The zero-order valence-corrected chi connectivity index (χ0v) is 9.91. The summed E-state index contributed by atoms with van der Waals surface area (Å²) in [4.78, 5) is 30.3. The SMILES string of the molecule is O=C(Cc1ccncc1)Nc1cc(C(=O)O)ccn1. The second-order valence-electron chi connectivity index (χ2n) is 3.82. The molecule has 0 saturated carbocycles. The van der Waals surface area contributed by atoms with Gasteiger partial charge in [0.2, 0.25) is 5.91 Å². The highest BCUT2D eigenvalue weighted by Gasteiger charge is 2.07. The topological polar surface area (TPSA) is 92.2 Å². The first-order valence-corrected chi connectivity index (χ1v) is 5.53. The number of hydrogen-bond donors (Lipinski definition) is 2. The van der Waals surface area contributed by atoms with Crippen LogP contribution in [0, 0.1) is 0 Å². The largest absolute Gasteiger partial charge is 0.478 e. The summed E-state index contributed by atoms with van der Waals surface area (Å²) in [5.41, 5.74) is 0.899. The molecule has 0 aliphatic rings. The van der Waals surface area contributed by atoms with E-state index in [2.05, 4.69) is 15.3 Å². The average molecular weight is 257 g/mol. The first kappa shape index (κ1) is 12.7. The van der Waals surface area contributed by atoms with Gasteiger partial charge in [-0.05, 0) is 29.8 Å². The molecule has 2 aromatic heterocycles. The van der Waals surface area contributed by atoms with Crippen molar-refractivity contribution >= 4 is 17.7 Å². The van der Waals surface area contributed by atoms with E-state index in [0.717, 1.165) is 5.56 Å². The van der Waals surface area contributed by atoms with E-state index in [4.69, 9.17) is 5.11 Å². The van der Waals surface area contributed by atoms with E-state index in [1.54, 1.807) is 24.5 Å². The van der Waals surface area contributed by atoms with E-state index in [0.29, 0.717) is 0 Å². The van der Waals surface area contributed by atoms with Crippen molar-refractivity contribution in [3.63, 3.8) is 0 Å². The quantitative estimate of drug-likeness (QED) is 0.862. The summed E-state index contributed by atoms with van der Waals surface area (Å²) in [6.07, 6.45) is 4.73. The number of nitrogens with zero attached hydrogens (tertiary/aromatic N) is 2. The Balaban J connectivity index is 2.03. The molecule has 2 N–H and O–H groups in total. The Labute approximate surface area is 109 Å². The van der Waals surface area contributed by atoms with Crippen LogP contribution in [0.2, 0.25) is 0 Å². The lowest BCUT2D eigenvalue weighted by molar-refractivity contribution is -0.115. The van der Waals surface area contributed by atoms with Crippen LogP contribution in [0.1, 0.15) is 15.9 Å². The van der Waals surface area contributed by atoms with E-state index in [1.807, 2.05) is 0 Å². The highest BCUT2D eigenvalue weighted by molar-refractivity contribution is 5.93. The van der Waals surface area contributed by atoms with Crippen LogP contribution in [0.5, 0.6) is 0 Å². The van der Waals surface area contributed by atoms with Gasteiger partial charge in [-0.25, -0.2) is 9.78 Å². The monoisotopic (exact) mass is 257 g/mol. The Morgan fingerprint density at radius 1 is 1.16 bits per heavy atom. The predicted molar refractivity (Wildman–Crippen MR) is 67.8 cm³/mol. The van der Waals surface area contributed by atoms with Crippen molar-refractivity contribution in [3.8, 4) is 0 Å². The molecule has 6 nitrogen and oxygen atoms in total. The molecule has 0 fully saturated rings. The molecule has 2 rings (SSSR count). The third kappa shape index (κ3) is 3.60. The Hall–Kier alpha value is -2.76. The van der Waals surface area contributed by atoms with Gasteiger partial charge in [-0.3, -0.25) is 9.78 Å². The summed E-state index contributed by atoms with van der Waals surface area (Å²) in [6, 6.07) is 6.15. The fourth-order valence-corrected chi connectivity index (χ4v) is 1.51. The third-order valence-corrected chi connectivity index (χ3v) is 2.39. The van der Waals surface area contributed by atoms with Crippen LogP contribution in [0.4, 0.5) is 5.82 Å². The molecular weight excluding hydrogens is 246 g/mol. The molecule has 96 valence electrons. The maximum absolute atomic E-state index is 11.7. The van der Waals surface area contributed by atoms with E-state index in [9.17, 15) is 9.59 Å². The number of hydrogen-bond acceptors (Lipinski definition) is 4. The molecule has 0 aliphatic heterocycles. The standard InChI is InChI=1S/C13H11N3O3/c17-12(7-9-1-4-14-5-2-9)16-11-8-10(13(18)19)3-6-15-11/h1-6,8H,7H2,(H,18,19)(H,15,16,17). The number of nitrogens with one attached hydrogen (secondary N) is 1. The van der Waals surface area contributed by atoms with Crippen LogP contribution in [-0.2, 0) is 11.2 Å². The molecule has 0 bridgehead atoms. The zero-order valence-electron chi connectivity index (χ0n) is 9.91. The van der Waals surface area contributed by atoms with Crippen molar-refractivity contribution in [2.75, 3.05) is 5.32 Å². The van der Waals surface area contributed by atoms with Crippen molar-refractivity contribution in [1.29, 1.82) is 0 Å². The number of amides is 1. The molecule has 0 aromatic carbocycles. The molecule has 2 aromatic rings. The molecule has 0 unspecified atom stereocenters. The number of anilines is 1. The van der Waals surface area contributed by atoms with Crippen molar-refractivity contribution in [2.45, 2.75) is 6.42 Å². The lowest BCUT2D eigenvalue weighted by Crippen LogP contribution is -2.15. The summed E-state index contributed by atoms with van der Waals surface area (Å²) in [6.45, 7) is 0. The van der Waals surface area contributed by atoms with Crippen molar-refractivity contribution in [3.05, 3.63) is 54.0 Å². The number of carbonyl (C=O) groups excluding carboxylic acids is 1. The number of carboxylic acid groups (broad SMARTS) is 1. The molecule has 0 saturated heterocycles. The van der Waals surface area contributed by atoms with Crippen LogP contribution < -0.4 is 5.32 Å². The molecule has 0 aliphatic carbocycles. The molecule has 1 amide bonds. The number of carbonyl (C=O) groups is 2. The van der Waals surface area contributed by atoms with Gasteiger partial charge in [-0.1, -0.05) is 0 Å². The zero-order chi connectivity index (χ0) is 13.7. The van der Waals surface area contributed by atoms with Gasteiger partial charge in [-0.2, -0.15) is 0 Å². The van der Waals surface area contributed by atoms with Gasteiger partial charge in [0.15, 0.2) is 0 Å². The van der Waals surface area contributed by atoms with E-state index in [1.165, 1.54) is 18.3 Å². The van der Waals surface area contributed by atoms with E-state index < -0.39 is 5.97 Å². The molecule has 19 heavy (non-hydrogen) atoms. The number of rotatable bonds is 4. The van der Waals surface area contributed by atoms with Gasteiger partial charge < -0.3 is 10.4 Å². The van der Waals surface area contributed by atoms with Crippen LogP contribution in [0.3, 0.4) is 0 Å². The maximum atomic E-state index is 11.7. The number of pyridine rings is 2. The number of aromatic carboxylic acids is 1. The van der Waals surface area contributed by atoms with Crippen LogP contribution >= 0.6 is 0 Å². The summed E-state index contributed by atoms with van der Waals surface area (Å²) < 4.78 is 0. The molecule has 6 heteroatoms. The molecule has 0 atom stereocenters. The van der Waals surface area contributed by atoms with Gasteiger partial charge in [0.25, 0.3) is 0 Å². The van der Waals surface area contributed by atoms with E-state index >= 15 is 0 Å². The van der Waals surface area contributed by atoms with Crippen molar-refractivity contribution in [1.82, 2.24) is 9.97 Å². The Morgan fingerprint density at radius 2 is 1.89 bits per heavy atom. The normalized spacial score (nSPS) is 9.89. The number of aromatic nitrogens is 2. The van der Waals surface area contributed by atoms with Crippen LogP contribution in [0.15, 0.2) is 42.9 Å². The van der Waals surface area contributed by atoms with Crippen molar-refractivity contribution in [2.24, 2.45) is 0 Å². The van der Waals surface area contributed by atoms with Gasteiger partial charge in [0, 0.05) is 18.6 Å². The Kier molecular flexibility index (Phi) is 3.82. The smallest absolute Gasteiger partial charge is 0.335 e. The summed E-state index contributed by atoms with van der Waals surface area (Å²) in [5.74, 6) is -1.10. The van der Waals surface area contributed by atoms with Gasteiger partial charge >= 0.3 is 5.97 Å². The minimum Gasteiger partial charge on any atom is -0.478 e. The van der Waals surface area contributed by atoms with Gasteiger partial charge in [0.1, 0.15) is 5.82 Å². The molecular formula is C13H11N3O3. The first-order chi connectivity index (χ1) is 9.15. The highest BCUT2D eigenvalue weighted by atomic mass is 16.4. The highest BCUT2D eigenvalue weighted by Crippen LogP contribution is 2.08. The summed E-state index contributed by atoms with van der Waals surface area (Å²) in [5, 5.41) is 11.4. The fourth-order valence-electron chi connectivity index (χ4n) is 1.51. The Morgan fingerprint density at radius 3 is 2.58 bits per heavy atom. The first-order valence-electron chi connectivity index (χ1n) is 5.53. The van der Waals surface area contributed by atoms with Crippen molar-refractivity contribution < 1.29 is 14.7 Å². The molecule has 2 heterocycles. The second-order valence-corrected chi connectivity index (χ2v) is 3.82. The van der Waals surface area contributed by atoms with Crippen LogP contribution in [0.25, 0.3) is 0 Å². The Bertz CT molecular complexity index is 599. The lowest BCUT2D eigenvalue weighted by Gasteiger charge is -2.05. The third-order valence-electron chi connectivity index (χ3n) is 2.39. The lowest BCUT2D eigenvalue weighted by atomic mass is 10.2. The van der Waals surface area contributed by atoms with Gasteiger partial charge in [0.05, 0.1) is 12.0 Å². The average Bonchev–Trinajstić information content (AvgIpc) is 2.40. The minimum absolute atomic E-state index is 0.0780. The summed E-state index contributed by atoms with van der Waals surface area (Å²) >= 11 is 0. The van der Waals surface area contributed by atoms with Crippen LogP contribution in [-0.4, -0.2) is 27.0 Å². The predicted octanol–water partition coefficient (Wildman–Crippen LogP) is 1.36. The molecule has 0 radical (unpaired) electrons. The molecule has 0 spiro atoms.